The van der Waals surface area contributed by atoms with Gasteiger partial charge in [0.05, 0.1) is 6.04 Å². The zero-order chi connectivity index (χ0) is 14.8. The van der Waals surface area contributed by atoms with Crippen LogP contribution in [0.25, 0.3) is 0 Å². The van der Waals surface area contributed by atoms with Gasteiger partial charge in [0, 0.05) is 25.6 Å². The summed E-state index contributed by atoms with van der Waals surface area (Å²) in [7, 11) is 0. The Balaban J connectivity index is 2.00. The van der Waals surface area contributed by atoms with Crippen molar-refractivity contribution in [3.63, 3.8) is 0 Å². The van der Waals surface area contributed by atoms with E-state index in [1.165, 1.54) is 0 Å². The van der Waals surface area contributed by atoms with E-state index in [-0.39, 0.29) is 5.91 Å². The monoisotopic (exact) mass is 278 g/mol. The number of nitrogens with one attached hydrogen (secondary N) is 1. The fraction of sp³-hybridized carbons (Fsp3) is 0.533. The maximum Gasteiger partial charge on any atom is 0.246 e. The molecule has 0 spiro atoms. The highest BCUT2D eigenvalue weighted by molar-refractivity contribution is 5.94. The number of rotatable bonds is 5. The highest BCUT2D eigenvalue weighted by atomic mass is 16.7. The van der Waals surface area contributed by atoms with E-state index in [1.54, 1.807) is 18.2 Å². The highest BCUT2D eigenvalue weighted by Gasteiger charge is 2.31. The zero-order valence-electron chi connectivity index (χ0n) is 12.2. The number of carbonyl (C=O) groups is 1. The molecule has 1 heterocycles. The predicted octanol–water partition coefficient (Wildman–Crippen LogP) is 2.65. The summed E-state index contributed by atoms with van der Waals surface area (Å²) in [6.45, 7) is 5.75. The lowest BCUT2D eigenvalue weighted by molar-refractivity contribution is -0.117. The van der Waals surface area contributed by atoms with E-state index in [9.17, 15) is 4.79 Å². The molecule has 0 radical (unpaired) electrons. The third-order valence-corrected chi connectivity index (χ3v) is 3.13. The average Bonchev–Trinajstić information content (AvgIpc) is 2.68. The summed E-state index contributed by atoms with van der Waals surface area (Å²) in [5.41, 5.74) is 6.51. The maximum atomic E-state index is 11.9. The second-order valence-electron chi connectivity index (χ2n) is 5.50. The van der Waals surface area contributed by atoms with Crippen molar-refractivity contribution >= 4 is 11.6 Å². The number of unbranched alkanes of at least 4 members (excludes halogenated alkanes) is 1. The van der Waals surface area contributed by atoms with Crippen molar-refractivity contribution in [3.05, 3.63) is 18.2 Å². The normalized spacial score (nSPS) is 16.8. The summed E-state index contributed by atoms with van der Waals surface area (Å²) in [6.07, 6.45) is 2.67. The molecule has 0 bridgehead atoms. The van der Waals surface area contributed by atoms with Crippen molar-refractivity contribution in [3.8, 4) is 11.5 Å². The van der Waals surface area contributed by atoms with Gasteiger partial charge in [-0.1, -0.05) is 19.8 Å². The van der Waals surface area contributed by atoms with Crippen molar-refractivity contribution < 1.29 is 14.3 Å². The third-order valence-electron chi connectivity index (χ3n) is 3.13. The van der Waals surface area contributed by atoms with Crippen LogP contribution in [0.4, 0.5) is 5.69 Å². The van der Waals surface area contributed by atoms with Crippen LogP contribution in [0, 0.1) is 0 Å². The lowest BCUT2D eigenvalue weighted by Crippen LogP contribution is -2.35. The van der Waals surface area contributed by atoms with Crippen molar-refractivity contribution in [2.24, 2.45) is 5.73 Å². The fourth-order valence-corrected chi connectivity index (χ4v) is 2.09. The first kappa shape index (κ1) is 14.7. The van der Waals surface area contributed by atoms with E-state index >= 15 is 0 Å². The summed E-state index contributed by atoms with van der Waals surface area (Å²) >= 11 is 0. The van der Waals surface area contributed by atoms with Crippen LogP contribution < -0.4 is 20.5 Å². The smallest absolute Gasteiger partial charge is 0.246 e. The van der Waals surface area contributed by atoms with E-state index in [0.717, 1.165) is 12.8 Å². The first-order chi connectivity index (χ1) is 9.41. The Bertz CT molecular complexity index is 500. The second-order valence-corrected chi connectivity index (χ2v) is 5.50. The quantitative estimate of drug-likeness (QED) is 0.868. The molecule has 0 saturated heterocycles. The standard InChI is InChI=1S/C15H22N2O3/c1-4-5-6-11(16)14(18)17-10-7-8-12-13(9-10)20-15(2,3)19-12/h7-9,11H,4-6,16H2,1-3H3,(H,17,18)/t11-/m0/s1. The lowest BCUT2D eigenvalue weighted by atomic mass is 10.1. The Morgan fingerprint density at radius 1 is 1.35 bits per heavy atom. The molecule has 1 atom stereocenters. The Hall–Kier alpha value is -1.75. The van der Waals surface area contributed by atoms with Crippen LogP contribution in [0.1, 0.15) is 40.0 Å². The van der Waals surface area contributed by atoms with Crippen molar-refractivity contribution in [2.75, 3.05) is 5.32 Å². The molecular formula is C15H22N2O3. The number of benzene rings is 1. The average molecular weight is 278 g/mol. The molecular weight excluding hydrogens is 256 g/mol. The van der Waals surface area contributed by atoms with Crippen LogP contribution in [-0.2, 0) is 4.79 Å². The highest BCUT2D eigenvalue weighted by Crippen LogP contribution is 2.40. The number of anilines is 1. The molecule has 1 aromatic carbocycles. The molecule has 1 aliphatic heterocycles. The summed E-state index contributed by atoms with van der Waals surface area (Å²) in [5.74, 6) is 0.484. The number of nitrogens with two attached hydrogens (primary N) is 1. The zero-order valence-corrected chi connectivity index (χ0v) is 12.2. The van der Waals surface area contributed by atoms with Gasteiger partial charge in [0.25, 0.3) is 0 Å². The Kier molecular flexibility index (Phi) is 4.18. The van der Waals surface area contributed by atoms with Crippen LogP contribution in [-0.4, -0.2) is 17.7 Å². The van der Waals surface area contributed by atoms with Crippen LogP contribution >= 0.6 is 0 Å². The minimum Gasteiger partial charge on any atom is -0.449 e. The van der Waals surface area contributed by atoms with Crippen molar-refractivity contribution in [1.82, 2.24) is 0 Å². The third kappa shape index (κ3) is 3.42. The van der Waals surface area contributed by atoms with Gasteiger partial charge in [0.15, 0.2) is 11.5 Å². The molecule has 5 nitrogen and oxygen atoms in total. The van der Waals surface area contributed by atoms with E-state index in [4.69, 9.17) is 15.2 Å². The van der Waals surface area contributed by atoms with Gasteiger partial charge in [-0.25, -0.2) is 0 Å². The van der Waals surface area contributed by atoms with E-state index < -0.39 is 11.8 Å². The van der Waals surface area contributed by atoms with E-state index in [2.05, 4.69) is 12.2 Å². The van der Waals surface area contributed by atoms with E-state index in [1.807, 2.05) is 13.8 Å². The van der Waals surface area contributed by atoms with Crippen molar-refractivity contribution in [2.45, 2.75) is 51.9 Å². The Morgan fingerprint density at radius 3 is 2.75 bits per heavy atom. The van der Waals surface area contributed by atoms with Gasteiger partial charge < -0.3 is 20.5 Å². The van der Waals surface area contributed by atoms with Gasteiger partial charge in [-0.05, 0) is 18.6 Å². The molecule has 1 amide bonds. The molecule has 1 aliphatic rings. The van der Waals surface area contributed by atoms with Crippen molar-refractivity contribution in [1.29, 1.82) is 0 Å². The molecule has 1 aromatic rings. The molecule has 3 N–H and O–H groups in total. The second kappa shape index (κ2) is 5.71. The molecule has 0 fully saturated rings. The van der Waals surface area contributed by atoms with Gasteiger partial charge in [0.1, 0.15) is 0 Å². The molecule has 110 valence electrons. The van der Waals surface area contributed by atoms with Crippen LogP contribution in [0.5, 0.6) is 11.5 Å². The van der Waals surface area contributed by atoms with Crippen LogP contribution in [0.15, 0.2) is 18.2 Å². The number of ether oxygens (including phenoxy) is 2. The minimum absolute atomic E-state index is 0.170. The molecule has 0 aromatic heterocycles. The Labute approximate surface area is 119 Å². The number of amides is 1. The molecule has 0 unspecified atom stereocenters. The predicted molar refractivity (Wildman–Crippen MR) is 77.9 cm³/mol. The molecule has 0 aliphatic carbocycles. The largest absolute Gasteiger partial charge is 0.449 e. The van der Waals surface area contributed by atoms with Gasteiger partial charge in [-0.15, -0.1) is 0 Å². The lowest BCUT2D eigenvalue weighted by Gasteiger charge is -2.16. The fourth-order valence-electron chi connectivity index (χ4n) is 2.09. The molecule has 5 heteroatoms. The number of hydrogen-bond acceptors (Lipinski definition) is 4. The SMILES string of the molecule is CCCC[C@H](N)C(=O)Nc1ccc2c(c1)OC(C)(C)O2. The Morgan fingerprint density at radius 2 is 2.05 bits per heavy atom. The minimum atomic E-state index is -0.664. The molecule has 0 saturated carbocycles. The van der Waals surface area contributed by atoms with Gasteiger partial charge in [-0.2, -0.15) is 0 Å². The summed E-state index contributed by atoms with van der Waals surface area (Å²) in [6, 6.07) is 4.86. The summed E-state index contributed by atoms with van der Waals surface area (Å²) in [4.78, 5) is 11.9. The molecule has 2 rings (SSSR count). The first-order valence-corrected chi connectivity index (χ1v) is 7.00. The number of fused-ring (bicyclic) bond motifs is 1. The summed E-state index contributed by atoms with van der Waals surface area (Å²) in [5, 5.41) is 2.81. The maximum absolute atomic E-state index is 11.9. The molecule has 20 heavy (non-hydrogen) atoms. The van der Waals surface area contributed by atoms with Crippen LogP contribution in [0.2, 0.25) is 0 Å². The summed E-state index contributed by atoms with van der Waals surface area (Å²) < 4.78 is 11.2. The van der Waals surface area contributed by atoms with Gasteiger partial charge in [-0.3, -0.25) is 4.79 Å². The topological polar surface area (TPSA) is 73.6 Å². The first-order valence-electron chi connectivity index (χ1n) is 7.00. The number of carbonyl (C=O) groups excluding carboxylic acids is 1. The number of hydrogen-bond donors (Lipinski definition) is 2. The van der Waals surface area contributed by atoms with Gasteiger partial charge >= 0.3 is 0 Å². The van der Waals surface area contributed by atoms with E-state index in [0.29, 0.717) is 23.6 Å². The van der Waals surface area contributed by atoms with Crippen LogP contribution in [0.3, 0.4) is 0 Å². The van der Waals surface area contributed by atoms with Gasteiger partial charge in [0.2, 0.25) is 11.7 Å².